The van der Waals surface area contributed by atoms with Crippen molar-refractivity contribution in [2.24, 2.45) is 0 Å². The topological polar surface area (TPSA) is 18.5 Å². The molecule has 1 rings (SSSR count). The van der Waals surface area contributed by atoms with Gasteiger partial charge in [-0.1, -0.05) is 11.6 Å². The zero-order chi connectivity index (χ0) is 13.0. The Kier molecular flexibility index (Phi) is 5.28. The van der Waals surface area contributed by atoms with E-state index in [9.17, 15) is 8.78 Å². The average Bonchev–Trinajstić information content (AvgIpc) is 2.21. The first-order valence-electron chi connectivity index (χ1n) is 4.94. The quantitative estimate of drug-likeness (QED) is 0.743. The van der Waals surface area contributed by atoms with E-state index in [0.29, 0.717) is 16.3 Å². The van der Waals surface area contributed by atoms with E-state index in [1.165, 1.54) is 12.1 Å². The smallest absolute Gasteiger partial charge is 0.387 e. The molecule has 0 unspecified atom stereocenters. The molecular formula is C11H12Cl2F2O2. The number of ether oxygens (including phenoxy) is 2. The number of hydrogen-bond acceptors (Lipinski definition) is 2. The highest BCUT2D eigenvalue weighted by atomic mass is 35.5. The van der Waals surface area contributed by atoms with Crippen LogP contribution in [-0.4, -0.2) is 12.7 Å². The monoisotopic (exact) mass is 284 g/mol. The number of hydrogen-bond donors (Lipinski definition) is 0. The van der Waals surface area contributed by atoms with E-state index in [2.05, 4.69) is 4.74 Å². The highest BCUT2D eigenvalue weighted by Crippen LogP contribution is 2.35. The van der Waals surface area contributed by atoms with Crippen LogP contribution in [0.2, 0.25) is 5.02 Å². The van der Waals surface area contributed by atoms with Gasteiger partial charge in [-0.15, -0.1) is 11.6 Å². The predicted molar refractivity (Wildman–Crippen MR) is 63.4 cm³/mol. The first-order valence-corrected chi connectivity index (χ1v) is 5.85. The Labute approximate surface area is 108 Å². The van der Waals surface area contributed by atoms with Gasteiger partial charge in [0.25, 0.3) is 0 Å². The van der Waals surface area contributed by atoms with Crippen molar-refractivity contribution >= 4 is 23.2 Å². The summed E-state index contributed by atoms with van der Waals surface area (Å²) in [5.74, 6) is 0.310. The van der Waals surface area contributed by atoms with Crippen LogP contribution in [0, 0.1) is 0 Å². The van der Waals surface area contributed by atoms with Crippen LogP contribution in [0.15, 0.2) is 12.1 Å². The van der Waals surface area contributed by atoms with Crippen molar-refractivity contribution in [3.63, 3.8) is 0 Å². The third-order valence-electron chi connectivity index (χ3n) is 1.84. The summed E-state index contributed by atoms with van der Waals surface area (Å²) in [5, 5.41) is 0.316. The molecule has 0 bridgehead atoms. The van der Waals surface area contributed by atoms with E-state index in [4.69, 9.17) is 27.9 Å². The second kappa shape index (κ2) is 6.26. The second-order valence-corrected chi connectivity index (χ2v) is 4.24. The molecule has 96 valence electrons. The summed E-state index contributed by atoms with van der Waals surface area (Å²) >= 11 is 11.6. The van der Waals surface area contributed by atoms with E-state index in [1.54, 1.807) is 13.8 Å². The summed E-state index contributed by atoms with van der Waals surface area (Å²) in [6.07, 6.45) is -0.117. The molecule has 0 heterocycles. The van der Waals surface area contributed by atoms with E-state index in [1.807, 2.05) is 0 Å². The molecule has 0 aliphatic rings. The number of rotatable bonds is 5. The first kappa shape index (κ1) is 14.3. The zero-order valence-electron chi connectivity index (χ0n) is 9.34. The highest BCUT2D eigenvalue weighted by Gasteiger charge is 2.14. The molecule has 1 aromatic carbocycles. The summed E-state index contributed by atoms with van der Waals surface area (Å²) in [4.78, 5) is 0. The number of benzene rings is 1. The van der Waals surface area contributed by atoms with E-state index in [0.717, 1.165) is 0 Å². The van der Waals surface area contributed by atoms with Crippen LogP contribution in [0.5, 0.6) is 11.5 Å². The molecule has 0 fully saturated rings. The van der Waals surface area contributed by atoms with Gasteiger partial charge in [-0.05, 0) is 19.9 Å². The molecule has 17 heavy (non-hydrogen) atoms. The Hall–Kier alpha value is -0.740. The zero-order valence-corrected chi connectivity index (χ0v) is 10.9. The molecule has 0 amide bonds. The lowest BCUT2D eigenvalue weighted by molar-refractivity contribution is -0.0504. The fourth-order valence-corrected chi connectivity index (χ4v) is 1.67. The molecule has 0 aliphatic carbocycles. The van der Waals surface area contributed by atoms with Gasteiger partial charge in [0.05, 0.1) is 17.0 Å². The molecule has 0 radical (unpaired) electrons. The van der Waals surface area contributed by atoms with Gasteiger partial charge in [0.2, 0.25) is 0 Å². The molecule has 0 aromatic heterocycles. The molecular weight excluding hydrogens is 273 g/mol. The Morgan fingerprint density at radius 2 is 1.82 bits per heavy atom. The maximum absolute atomic E-state index is 12.2. The predicted octanol–water partition coefficient (Wildman–Crippen LogP) is 4.47. The van der Waals surface area contributed by atoms with Crippen molar-refractivity contribution in [3.8, 4) is 11.5 Å². The number of halogens is 4. The van der Waals surface area contributed by atoms with E-state index in [-0.39, 0.29) is 17.7 Å². The van der Waals surface area contributed by atoms with Crippen LogP contribution in [0.25, 0.3) is 0 Å². The van der Waals surface area contributed by atoms with Crippen LogP contribution < -0.4 is 9.47 Å². The van der Waals surface area contributed by atoms with Crippen molar-refractivity contribution in [1.29, 1.82) is 0 Å². The summed E-state index contributed by atoms with van der Waals surface area (Å²) in [7, 11) is 0. The largest absolute Gasteiger partial charge is 0.489 e. The minimum absolute atomic E-state index is 0.0185. The molecule has 2 nitrogen and oxygen atoms in total. The third kappa shape index (κ3) is 4.21. The molecule has 0 N–H and O–H groups in total. The molecule has 6 heteroatoms. The Balaban J connectivity index is 3.08. The van der Waals surface area contributed by atoms with Crippen LogP contribution in [0.1, 0.15) is 19.4 Å². The Morgan fingerprint density at radius 3 is 2.29 bits per heavy atom. The third-order valence-corrected chi connectivity index (χ3v) is 2.42. The van der Waals surface area contributed by atoms with E-state index < -0.39 is 6.61 Å². The maximum Gasteiger partial charge on any atom is 0.387 e. The normalized spacial score (nSPS) is 11.1. The van der Waals surface area contributed by atoms with Gasteiger partial charge in [0.15, 0.2) is 0 Å². The fraction of sp³-hybridized carbons (Fsp3) is 0.455. The minimum Gasteiger partial charge on any atom is -0.489 e. The van der Waals surface area contributed by atoms with Crippen LogP contribution in [0.4, 0.5) is 8.78 Å². The summed E-state index contributed by atoms with van der Waals surface area (Å²) < 4.78 is 34.1. The molecule has 1 aromatic rings. The molecule has 0 atom stereocenters. The van der Waals surface area contributed by atoms with Crippen LogP contribution >= 0.6 is 23.2 Å². The number of alkyl halides is 3. The summed E-state index contributed by atoms with van der Waals surface area (Å²) in [6.45, 7) is 0.698. The van der Waals surface area contributed by atoms with Crippen LogP contribution in [-0.2, 0) is 5.88 Å². The summed E-state index contributed by atoms with van der Waals surface area (Å²) in [5.41, 5.74) is 0.396. The van der Waals surface area contributed by atoms with Crippen LogP contribution in [0.3, 0.4) is 0 Å². The average molecular weight is 285 g/mol. The van der Waals surface area contributed by atoms with Crippen molar-refractivity contribution in [1.82, 2.24) is 0 Å². The van der Waals surface area contributed by atoms with Gasteiger partial charge < -0.3 is 9.47 Å². The second-order valence-electron chi connectivity index (χ2n) is 3.57. The Morgan fingerprint density at radius 1 is 1.18 bits per heavy atom. The SMILES string of the molecule is CC(C)Oc1cc(OC(F)F)c(CCl)cc1Cl. The van der Waals surface area contributed by atoms with Crippen molar-refractivity contribution in [3.05, 3.63) is 22.7 Å². The van der Waals surface area contributed by atoms with Gasteiger partial charge in [-0.2, -0.15) is 8.78 Å². The first-order chi connectivity index (χ1) is 7.93. The molecule has 0 aliphatic heterocycles. The molecule has 0 spiro atoms. The lowest BCUT2D eigenvalue weighted by Crippen LogP contribution is -2.08. The van der Waals surface area contributed by atoms with Crippen molar-refractivity contribution in [2.45, 2.75) is 32.4 Å². The van der Waals surface area contributed by atoms with Gasteiger partial charge >= 0.3 is 6.61 Å². The maximum atomic E-state index is 12.2. The lowest BCUT2D eigenvalue weighted by atomic mass is 10.2. The lowest BCUT2D eigenvalue weighted by Gasteiger charge is -2.15. The van der Waals surface area contributed by atoms with Gasteiger partial charge in [-0.3, -0.25) is 0 Å². The van der Waals surface area contributed by atoms with Crippen molar-refractivity contribution < 1.29 is 18.3 Å². The minimum atomic E-state index is -2.91. The van der Waals surface area contributed by atoms with Gasteiger partial charge in [0.1, 0.15) is 11.5 Å². The van der Waals surface area contributed by atoms with Gasteiger partial charge in [-0.25, -0.2) is 0 Å². The Bertz CT molecular complexity index is 384. The molecule has 0 saturated carbocycles. The van der Waals surface area contributed by atoms with E-state index >= 15 is 0 Å². The standard InChI is InChI=1S/C11H12Cl2F2O2/c1-6(2)16-10-4-9(17-11(14)15)7(5-12)3-8(10)13/h3-4,6,11H,5H2,1-2H3. The highest BCUT2D eigenvalue weighted by molar-refractivity contribution is 6.32. The van der Waals surface area contributed by atoms with Gasteiger partial charge in [0, 0.05) is 11.6 Å². The molecule has 0 saturated heterocycles. The fourth-order valence-electron chi connectivity index (χ4n) is 1.23. The summed E-state index contributed by atoms with van der Waals surface area (Å²) in [6, 6.07) is 2.79. The van der Waals surface area contributed by atoms with Crippen molar-refractivity contribution in [2.75, 3.05) is 0 Å².